The summed E-state index contributed by atoms with van der Waals surface area (Å²) in [6, 6.07) is 6.44. The van der Waals surface area contributed by atoms with Crippen LogP contribution in [0.1, 0.15) is 25.3 Å². The van der Waals surface area contributed by atoms with Crippen LogP contribution >= 0.6 is 0 Å². The lowest BCUT2D eigenvalue weighted by atomic mass is 10.1. The van der Waals surface area contributed by atoms with Crippen molar-refractivity contribution in [3.63, 3.8) is 0 Å². The van der Waals surface area contributed by atoms with Crippen LogP contribution in [0.3, 0.4) is 0 Å². The van der Waals surface area contributed by atoms with E-state index in [2.05, 4.69) is 40.8 Å². The molecule has 0 radical (unpaired) electrons. The summed E-state index contributed by atoms with van der Waals surface area (Å²) >= 11 is 0. The number of aromatic nitrogens is 1. The lowest BCUT2D eigenvalue weighted by Crippen LogP contribution is -2.36. The smallest absolute Gasteiger partial charge is 0.119 e. The van der Waals surface area contributed by atoms with Crippen LogP contribution in [0, 0.1) is 0 Å². The zero-order valence-electron chi connectivity index (χ0n) is 14.4. The van der Waals surface area contributed by atoms with Crippen molar-refractivity contribution in [2.24, 2.45) is 0 Å². The molecule has 2 heterocycles. The number of ether oxygens (including phenoxy) is 2. The molecule has 126 valence electrons. The van der Waals surface area contributed by atoms with Gasteiger partial charge in [0, 0.05) is 36.7 Å². The second-order valence-electron chi connectivity index (χ2n) is 6.29. The van der Waals surface area contributed by atoms with Crippen molar-refractivity contribution in [1.29, 1.82) is 0 Å². The van der Waals surface area contributed by atoms with Crippen molar-refractivity contribution in [3.8, 4) is 5.75 Å². The highest BCUT2D eigenvalue weighted by Gasteiger charge is 2.12. The number of fused-ring (bicyclic) bond motifs is 1. The van der Waals surface area contributed by atoms with Crippen molar-refractivity contribution >= 4 is 10.9 Å². The fourth-order valence-corrected chi connectivity index (χ4v) is 3.42. The van der Waals surface area contributed by atoms with E-state index in [1.54, 1.807) is 7.11 Å². The summed E-state index contributed by atoms with van der Waals surface area (Å²) in [4.78, 5) is 2.51. The second-order valence-corrected chi connectivity index (χ2v) is 6.29. The Kier molecular flexibility index (Phi) is 5.57. The molecule has 0 atom stereocenters. The maximum atomic E-state index is 5.42. The molecule has 1 aliphatic rings. The van der Waals surface area contributed by atoms with Crippen molar-refractivity contribution in [3.05, 3.63) is 30.0 Å². The Balaban J connectivity index is 1.72. The van der Waals surface area contributed by atoms with Crippen molar-refractivity contribution in [2.75, 3.05) is 40.0 Å². The summed E-state index contributed by atoms with van der Waals surface area (Å²) in [7, 11) is 1.74. The second kappa shape index (κ2) is 7.84. The molecule has 0 N–H and O–H groups in total. The van der Waals surface area contributed by atoms with Gasteiger partial charge in [0.15, 0.2) is 0 Å². The molecule has 4 heteroatoms. The van der Waals surface area contributed by atoms with Crippen molar-refractivity contribution in [2.45, 2.75) is 32.7 Å². The van der Waals surface area contributed by atoms with Crippen LogP contribution in [0.2, 0.25) is 0 Å². The maximum absolute atomic E-state index is 5.42. The first-order valence-electron chi connectivity index (χ1n) is 8.77. The average Bonchev–Trinajstić information content (AvgIpc) is 2.93. The molecule has 0 bridgehead atoms. The zero-order chi connectivity index (χ0) is 16.1. The highest BCUT2D eigenvalue weighted by atomic mass is 16.5. The SMILES string of the molecule is CCCn1cc(CCCN2CCOCC2)c2cc(OC)ccc21. The molecular weight excluding hydrogens is 288 g/mol. The van der Waals surface area contributed by atoms with Gasteiger partial charge in [-0.2, -0.15) is 0 Å². The van der Waals surface area contributed by atoms with Gasteiger partial charge in [-0.25, -0.2) is 0 Å². The Bertz CT molecular complexity index is 630. The van der Waals surface area contributed by atoms with Crippen LogP contribution in [-0.4, -0.2) is 49.4 Å². The molecule has 1 fully saturated rings. The fraction of sp³-hybridized carbons (Fsp3) is 0.579. The van der Waals surface area contributed by atoms with E-state index in [4.69, 9.17) is 9.47 Å². The zero-order valence-corrected chi connectivity index (χ0v) is 14.4. The monoisotopic (exact) mass is 316 g/mol. The predicted molar refractivity (Wildman–Crippen MR) is 94.4 cm³/mol. The molecule has 0 unspecified atom stereocenters. The van der Waals surface area contributed by atoms with Crippen LogP contribution in [-0.2, 0) is 17.7 Å². The van der Waals surface area contributed by atoms with Crippen LogP contribution in [0.5, 0.6) is 5.75 Å². The predicted octanol–water partition coefficient (Wildman–Crippen LogP) is 3.32. The highest BCUT2D eigenvalue weighted by Crippen LogP contribution is 2.27. The van der Waals surface area contributed by atoms with E-state index in [0.717, 1.165) is 58.0 Å². The van der Waals surface area contributed by atoms with Crippen LogP contribution < -0.4 is 4.74 Å². The van der Waals surface area contributed by atoms with Gasteiger partial charge in [0.1, 0.15) is 5.75 Å². The number of hydrogen-bond acceptors (Lipinski definition) is 3. The molecule has 1 aromatic carbocycles. The van der Waals surface area contributed by atoms with Gasteiger partial charge in [0.2, 0.25) is 0 Å². The summed E-state index contributed by atoms with van der Waals surface area (Å²) in [5.41, 5.74) is 2.77. The minimum atomic E-state index is 0.882. The summed E-state index contributed by atoms with van der Waals surface area (Å²) in [5, 5.41) is 1.35. The Hall–Kier alpha value is -1.52. The summed E-state index contributed by atoms with van der Waals surface area (Å²) in [6.45, 7) is 8.38. The summed E-state index contributed by atoms with van der Waals surface area (Å²) < 4.78 is 13.2. The maximum Gasteiger partial charge on any atom is 0.119 e. The van der Waals surface area contributed by atoms with Gasteiger partial charge in [-0.1, -0.05) is 6.92 Å². The molecule has 2 aromatic rings. The Labute approximate surface area is 139 Å². The Morgan fingerprint density at radius 2 is 2.00 bits per heavy atom. The van der Waals surface area contributed by atoms with Crippen LogP contribution in [0.15, 0.2) is 24.4 Å². The van der Waals surface area contributed by atoms with E-state index in [9.17, 15) is 0 Å². The van der Waals surface area contributed by atoms with Gasteiger partial charge in [-0.05, 0) is 49.6 Å². The van der Waals surface area contributed by atoms with Crippen LogP contribution in [0.4, 0.5) is 0 Å². The number of rotatable bonds is 7. The first-order chi connectivity index (χ1) is 11.3. The third kappa shape index (κ3) is 3.88. The van der Waals surface area contributed by atoms with E-state index in [1.165, 1.54) is 22.9 Å². The van der Waals surface area contributed by atoms with Gasteiger partial charge < -0.3 is 14.0 Å². The van der Waals surface area contributed by atoms with Crippen molar-refractivity contribution < 1.29 is 9.47 Å². The quantitative estimate of drug-likeness (QED) is 0.784. The van der Waals surface area contributed by atoms with Gasteiger partial charge in [-0.3, -0.25) is 4.90 Å². The molecular formula is C19H28N2O2. The van der Waals surface area contributed by atoms with Crippen LogP contribution in [0.25, 0.3) is 10.9 Å². The minimum absolute atomic E-state index is 0.882. The number of methoxy groups -OCH3 is 1. The molecule has 23 heavy (non-hydrogen) atoms. The number of nitrogens with zero attached hydrogens (tertiary/aromatic N) is 2. The number of benzene rings is 1. The molecule has 0 saturated carbocycles. The summed E-state index contributed by atoms with van der Waals surface area (Å²) in [5.74, 6) is 0.946. The summed E-state index contributed by atoms with van der Waals surface area (Å²) in [6.07, 6.45) is 5.82. The van der Waals surface area contributed by atoms with Gasteiger partial charge in [0.25, 0.3) is 0 Å². The molecule has 1 saturated heterocycles. The molecule has 0 spiro atoms. The lowest BCUT2D eigenvalue weighted by Gasteiger charge is -2.26. The fourth-order valence-electron chi connectivity index (χ4n) is 3.42. The molecule has 0 aliphatic carbocycles. The number of aryl methyl sites for hydroxylation is 2. The van der Waals surface area contributed by atoms with Gasteiger partial charge in [-0.15, -0.1) is 0 Å². The Morgan fingerprint density at radius 1 is 1.17 bits per heavy atom. The highest BCUT2D eigenvalue weighted by molar-refractivity contribution is 5.85. The third-order valence-corrected chi connectivity index (χ3v) is 4.66. The van der Waals surface area contributed by atoms with Gasteiger partial charge in [0.05, 0.1) is 20.3 Å². The largest absolute Gasteiger partial charge is 0.497 e. The molecule has 1 aliphatic heterocycles. The molecule has 3 rings (SSSR count). The number of hydrogen-bond donors (Lipinski definition) is 0. The normalized spacial score (nSPS) is 16.1. The Morgan fingerprint density at radius 3 is 2.74 bits per heavy atom. The van der Waals surface area contributed by atoms with E-state index >= 15 is 0 Å². The van der Waals surface area contributed by atoms with E-state index in [-0.39, 0.29) is 0 Å². The van der Waals surface area contributed by atoms with E-state index in [0.29, 0.717) is 0 Å². The molecule has 4 nitrogen and oxygen atoms in total. The first-order valence-corrected chi connectivity index (χ1v) is 8.77. The standard InChI is InChI=1S/C19H28N2O2/c1-3-8-21-15-16(5-4-9-20-10-12-23-13-11-20)18-14-17(22-2)6-7-19(18)21/h6-7,14-15H,3-5,8-13H2,1-2H3. The average molecular weight is 316 g/mol. The topological polar surface area (TPSA) is 26.6 Å². The molecule has 1 aromatic heterocycles. The third-order valence-electron chi connectivity index (χ3n) is 4.66. The molecule has 0 amide bonds. The van der Waals surface area contributed by atoms with Crippen molar-refractivity contribution in [1.82, 2.24) is 9.47 Å². The first kappa shape index (κ1) is 16.3. The van der Waals surface area contributed by atoms with E-state index < -0.39 is 0 Å². The lowest BCUT2D eigenvalue weighted by molar-refractivity contribution is 0.0375. The van der Waals surface area contributed by atoms with E-state index in [1.807, 2.05) is 0 Å². The number of morpholine rings is 1. The minimum Gasteiger partial charge on any atom is -0.497 e. The van der Waals surface area contributed by atoms with Gasteiger partial charge >= 0.3 is 0 Å².